The van der Waals surface area contributed by atoms with E-state index in [1.54, 1.807) is 30.3 Å². The van der Waals surface area contributed by atoms with Crippen LogP contribution in [0.4, 0.5) is 5.69 Å². The quantitative estimate of drug-likeness (QED) is 0.478. The minimum Gasteiger partial charge on any atom is -0.507 e. The van der Waals surface area contributed by atoms with Gasteiger partial charge in [-0.3, -0.25) is 4.79 Å². The molecule has 2 N–H and O–H groups in total. The smallest absolute Gasteiger partial charge is 0.336 e. The third-order valence-electron chi connectivity index (χ3n) is 4.29. The fraction of sp³-hybridized carbons (Fsp3) is 0.364. The van der Waals surface area contributed by atoms with Crippen LogP contribution in [0.2, 0.25) is 0 Å². The van der Waals surface area contributed by atoms with Gasteiger partial charge in [-0.1, -0.05) is 32.0 Å². The van der Waals surface area contributed by atoms with Gasteiger partial charge in [0.05, 0.1) is 17.7 Å². The molecule has 0 saturated carbocycles. The van der Waals surface area contributed by atoms with Gasteiger partial charge in [-0.15, -0.1) is 0 Å². The number of nitrogens with zero attached hydrogens (tertiary/aromatic N) is 1. The molecule has 0 radical (unpaired) electrons. The summed E-state index contributed by atoms with van der Waals surface area (Å²) in [5.74, 6) is -1.47. The summed E-state index contributed by atoms with van der Waals surface area (Å²) in [6, 6.07) is 10.8. The number of carboxylic acids is 1. The fourth-order valence-electron chi connectivity index (χ4n) is 3.01. The average molecular weight is 385 g/mol. The highest BCUT2D eigenvalue weighted by molar-refractivity contribution is 6.15. The molecule has 150 valence electrons. The zero-order valence-corrected chi connectivity index (χ0v) is 16.5. The van der Waals surface area contributed by atoms with Gasteiger partial charge in [-0.2, -0.15) is 0 Å². The molecule has 0 aliphatic heterocycles. The van der Waals surface area contributed by atoms with Crippen molar-refractivity contribution in [1.29, 1.82) is 0 Å². The summed E-state index contributed by atoms with van der Waals surface area (Å²) < 4.78 is 5.44. The summed E-state index contributed by atoms with van der Waals surface area (Å²) >= 11 is 0. The van der Waals surface area contributed by atoms with E-state index in [0.29, 0.717) is 25.7 Å². The monoisotopic (exact) mass is 385 g/mol. The van der Waals surface area contributed by atoms with Crippen molar-refractivity contribution in [1.82, 2.24) is 0 Å². The molecule has 6 heteroatoms. The Kier molecular flexibility index (Phi) is 7.58. The number of hydrogen-bond donors (Lipinski definition) is 2. The van der Waals surface area contributed by atoms with Gasteiger partial charge in [0.2, 0.25) is 0 Å². The van der Waals surface area contributed by atoms with Crippen molar-refractivity contribution in [2.24, 2.45) is 5.92 Å². The number of carboxylic acid groups (broad SMARTS) is 1. The van der Waals surface area contributed by atoms with Crippen LogP contribution in [-0.4, -0.2) is 48.3 Å². The Bertz CT molecular complexity index is 831. The van der Waals surface area contributed by atoms with E-state index in [0.717, 1.165) is 12.2 Å². The van der Waals surface area contributed by atoms with Gasteiger partial charge in [0.25, 0.3) is 0 Å². The van der Waals surface area contributed by atoms with Gasteiger partial charge in [-0.25, -0.2) is 4.79 Å². The van der Waals surface area contributed by atoms with Crippen molar-refractivity contribution >= 4 is 17.4 Å². The highest BCUT2D eigenvalue weighted by Gasteiger charge is 2.21. The molecule has 0 bridgehead atoms. The molecule has 28 heavy (non-hydrogen) atoms. The van der Waals surface area contributed by atoms with Crippen LogP contribution in [-0.2, 0) is 4.74 Å². The van der Waals surface area contributed by atoms with Gasteiger partial charge in [0.1, 0.15) is 5.75 Å². The van der Waals surface area contributed by atoms with Crippen LogP contribution in [0.15, 0.2) is 42.5 Å². The molecular weight excluding hydrogens is 358 g/mol. The Labute approximate surface area is 165 Å². The molecule has 0 spiro atoms. The molecule has 0 aliphatic rings. The number of hydrogen-bond acceptors (Lipinski definition) is 5. The number of rotatable bonds is 10. The molecule has 0 amide bonds. The van der Waals surface area contributed by atoms with E-state index in [1.807, 2.05) is 6.92 Å². The van der Waals surface area contributed by atoms with E-state index in [1.165, 1.54) is 12.1 Å². The van der Waals surface area contributed by atoms with Gasteiger partial charge in [-0.05, 0) is 31.0 Å². The zero-order valence-electron chi connectivity index (χ0n) is 16.5. The normalized spacial score (nSPS) is 10.9. The van der Waals surface area contributed by atoms with E-state index in [9.17, 15) is 19.8 Å². The number of aromatic carboxylic acids is 1. The fourth-order valence-corrected chi connectivity index (χ4v) is 3.01. The zero-order chi connectivity index (χ0) is 20.7. The summed E-state index contributed by atoms with van der Waals surface area (Å²) in [4.78, 5) is 26.3. The second kappa shape index (κ2) is 9.90. The molecule has 2 rings (SSSR count). The summed E-state index contributed by atoms with van der Waals surface area (Å²) in [7, 11) is 0. The lowest BCUT2D eigenvalue weighted by atomic mass is 9.97. The second-order valence-corrected chi connectivity index (χ2v) is 6.92. The number of benzene rings is 2. The van der Waals surface area contributed by atoms with Crippen molar-refractivity contribution in [2.75, 3.05) is 31.2 Å². The largest absolute Gasteiger partial charge is 0.507 e. The molecule has 0 heterocycles. The highest BCUT2D eigenvalue weighted by atomic mass is 16.5. The topological polar surface area (TPSA) is 87.1 Å². The summed E-state index contributed by atoms with van der Waals surface area (Å²) in [6.07, 6.45) is 0. The van der Waals surface area contributed by atoms with Gasteiger partial charge >= 0.3 is 5.97 Å². The van der Waals surface area contributed by atoms with E-state index >= 15 is 0 Å². The SMILES string of the molecule is CCOCCN(CC(C)C)c1ccc(C(=O)c2ccccc2C(=O)O)c(O)c1. The van der Waals surface area contributed by atoms with Crippen molar-refractivity contribution in [3.05, 3.63) is 59.2 Å². The van der Waals surface area contributed by atoms with Crippen LogP contribution in [0.1, 0.15) is 47.1 Å². The first-order valence-corrected chi connectivity index (χ1v) is 9.37. The second-order valence-electron chi connectivity index (χ2n) is 6.92. The Balaban J connectivity index is 2.32. The lowest BCUT2D eigenvalue weighted by Gasteiger charge is -2.27. The maximum Gasteiger partial charge on any atom is 0.336 e. The maximum atomic E-state index is 12.8. The summed E-state index contributed by atoms with van der Waals surface area (Å²) in [5.41, 5.74) is 0.822. The molecule has 2 aromatic rings. The Hall–Kier alpha value is -2.86. The Morgan fingerprint density at radius 3 is 2.32 bits per heavy atom. The van der Waals surface area contributed by atoms with Crippen LogP contribution in [0.5, 0.6) is 5.75 Å². The number of ether oxygens (including phenoxy) is 1. The predicted molar refractivity (Wildman–Crippen MR) is 108 cm³/mol. The predicted octanol–water partition coefficient (Wildman–Crippen LogP) is 3.82. The average Bonchev–Trinajstić information content (AvgIpc) is 2.66. The first-order valence-electron chi connectivity index (χ1n) is 9.37. The first kappa shape index (κ1) is 21.4. The third-order valence-corrected chi connectivity index (χ3v) is 4.29. The molecule has 0 aliphatic carbocycles. The van der Waals surface area contributed by atoms with Crippen molar-refractivity contribution in [3.8, 4) is 5.75 Å². The number of anilines is 1. The third kappa shape index (κ3) is 5.33. The number of phenols is 1. The maximum absolute atomic E-state index is 12.8. The molecule has 0 unspecified atom stereocenters. The van der Waals surface area contributed by atoms with Crippen molar-refractivity contribution in [3.63, 3.8) is 0 Å². The van der Waals surface area contributed by atoms with Crippen LogP contribution in [0.25, 0.3) is 0 Å². The van der Waals surface area contributed by atoms with Crippen LogP contribution >= 0.6 is 0 Å². The standard InChI is InChI=1S/C22H27NO5/c1-4-28-12-11-23(14-15(2)3)16-9-10-19(20(24)13-16)21(25)17-7-5-6-8-18(17)22(26)27/h5-10,13,15,24H,4,11-12,14H2,1-3H3,(H,26,27). The van der Waals surface area contributed by atoms with Gasteiger partial charge < -0.3 is 19.8 Å². The first-order chi connectivity index (χ1) is 13.3. The number of ketones is 1. The minimum atomic E-state index is -1.18. The van der Waals surface area contributed by atoms with Crippen LogP contribution in [0, 0.1) is 5.92 Å². The molecule has 6 nitrogen and oxygen atoms in total. The number of aromatic hydroxyl groups is 1. The van der Waals surface area contributed by atoms with Crippen molar-refractivity contribution in [2.45, 2.75) is 20.8 Å². The van der Waals surface area contributed by atoms with Crippen LogP contribution < -0.4 is 4.90 Å². The van der Waals surface area contributed by atoms with E-state index in [4.69, 9.17) is 4.74 Å². The summed E-state index contributed by atoms with van der Waals surface area (Å²) in [6.45, 7) is 8.80. The van der Waals surface area contributed by atoms with E-state index in [-0.39, 0.29) is 22.4 Å². The van der Waals surface area contributed by atoms with Gasteiger partial charge in [0.15, 0.2) is 5.78 Å². The number of carbonyl (C=O) groups is 2. The molecule has 0 saturated heterocycles. The van der Waals surface area contributed by atoms with Crippen molar-refractivity contribution < 1.29 is 24.5 Å². The van der Waals surface area contributed by atoms with E-state index < -0.39 is 11.8 Å². The lowest BCUT2D eigenvalue weighted by Crippen LogP contribution is -2.31. The number of carbonyl (C=O) groups excluding carboxylic acids is 1. The summed E-state index contributed by atoms with van der Waals surface area (Å²) in [5, 5.41) is 19.8. The highest BCUT2D eigenvalue weighted by Crippen LogP contribution is 2.28. The van der Waals surface area contributed by atoms with Gasteiger partial charge in [0, 0.05) is 37.0 Å². The minimum absolute atomic E-state index is 0.0495. The molecular formula is C22H27NO5. The number of phenolic OH excluding ortho intramolecular Hbond substituents is 1. The Morgan fingerprint density at radius 1 is 1.07 bits per heavy atom. The molecule has 0 fully saturated rings. The van der Waals surface area contributed by atoms with Crippen LogP contribution in [0.3, 0.4) is 0 Å². The molecule has 0 atom stereocenters. The molecule has 0 aromatic heterocycles. The Morgan fingerprint density at radius 2 is 1.75 bits per heavy atom. The molecule has 2 aromatic carbocycles. The van der Waals surface area contributed by atoms with E-state index in [2.05, 4.69) is 18.7 Å². The lowest BCUT2D eigenvalue weighted by molar-refractivity contribution is 0.0692.